The van der Waals surface area contributed by atoms with Gasteiger partial charge in [0.25, 0.3) is 0 Å². The van der Waals surface area contributed by atoms with E-state index in [9.17, 15) is 0 Å². The smallest absolute Gasteiger partial charge is 0.130 e. The zero-order valence-electron chi connectivity index (χ0n) is 14.6. The Balaban J connectivity index is 2.10. The minimum atomic E-state index is 0.0119. The molecule has 27 heavy (non-hydrogen) atoms. The molecule has 0 amide bonds. The Hall–Kier alpha value is -3.54. The Kier molecular flexibility index (Phi) is 5.56. The molecule has 1 heterocycles. The average molecular weight is 375 g/mol. The third-order valence-electron chi connectivity index (χ3n) is 3.81. The van der Waals surface area contributed by atoms with Gasteiger partial charge in [0.15, 0.2) is 0 Å². The molecule has 1 aromatic heterocycles. The second-order valence-electron chi connectivity index (χ2n) is 5.59. The number of halogens is 1. The van der Waals surface area contributed by atoms with Crippen molar-refractivity contribution in [3.63, 3.8) is 0 Å². The molecule has 0 bridgehead atoms. The van der Waals surface area contributed by atoms with E-state index in [0.29, 0.717) is 22.9 Å². The molecule has 0 unspecified atom stereocenters. The molecule has 0 aliphatic carbocycles. The molecule has 5 nitrogen and oxygen atoms in total. The van der Waals surface area contributed by atoms with Gasteiger partial charge in [0.2, 0.25) is 0 Å². The quantitative estimate of drug-likeness (QED) is 0.587. The van der Waals surface area contributed by atoms with Gasteiger partial charge in [-0.15, -0.1) is 0 Å². The number of ether oxygens (including phenoxy) is 1. The number of allylic oxidation sites excluding steroid dienone is 1. The largest absolute Gasteiger partial charge is 0.494 e. The minimum Gasteiger partial charge on any atom is -0.494 e. The standard InChI is InChI=1S/C21H15ClN4O/c1-2-27-20-9-3-16(4-10-20)21-17(11-15(12-23)13-24)14-26(25-21)19-7-5-18(22)6-8-19/h3-11,14H,2H2,1H3. The number of nitrogens with zero attached hydrogens (tertiary/aromatic N) is 4. The van der Waals surface area contributed by atoms with E-state index in [1.54, 1.807) is 23.0 Å². The first-order valence-electron chi connectivity index (χ1n) is 8.25. The molecule has 0 fully saturated rings. The van der Waals surface area contributed by atoms with Gasteiger partial charge < -0.3 is 4.74 Å². The van der Waals surface area contributed by atoms with Crippen molar-refractivity contribution in [2.75, 3.05) is 6.61 Å². The summed E-state index contributed by atoms with van der Waals surface area (Å²) < 4.78 is 7.17. The van der Waals surface area contributed by atoms with Crippen molar-refractivity contribution < 1.29 is 4.74 Å². The molecule has 6 heteroatoms. The molecule has 0 spiro atoms. The summed E-state index contributed by atoms with van der Waals surface area (Å²) in [4.78, 5) is 0. The summed E-state index contributed by atoms with van der Waals surface area (Å²) in [6.45, 7) is 2.52. The van der Waals surface area contributed by atoms with Crippen LogP contribution in [0.15, 0.2) is 60.3 Å². The molecule has 132 valence electrons. The lowest BCUT2D eigenvalue weighted by molar-refractivity contribution is 0.340. The van der Waals surface area contributed by atoms with Gasteiger partial charge in [-0.3, -0.25) is 0 Å². The van der Waals surface area contributed by atoms with Gasteiger partial charge in [-0.05, 0) is 61.5 Å². The molecule has 3 rings (SSSR count). The first-order valence-corrected chi connectivity index (χ1v) is 8.63. The second-order valence-corrected chi connectivity index (χ2v) is 6.03. The Labute approximate surface area is 162 Å². The lowest BCUT2D eigenvalue weighted by Gasteiger charge is -2.04. The molecule has 0 saturated carbocycles. The van der Waals surface area contributed by atoms with E-state index in [4.69, 9.17) is 26.9 Å². The Morgan fingerprint density at radius 2 is 1.78 bits per heavy atom. The highest BCUT2D eigenvalue weighted by Crippen LogP contribution is 2.27. The van der Waals surface area contributed by atoms with Gasteiger partial charge in [0, 0.05) is 22.3 Å². The monoisotopic (exact) mass is 374 g/mol. The van der Waals surface area contributed by atoms with Crippen molar-refractivity contribution in [2.24, 2.45) is 0 Å². The van der Waals surface area contributed by atoms with Gasteiger partial charge in [-0.1, -0.05) is 11.6 Å². The topological polar surface area (TPSA) is 74.6 Å². The zero-order chi connectivity index (χ0) is 19.2. The van der Waals surface area contributed by atoms with Crippen LogP contribution in [0.3, 0.4) is 0 Å². The average Bonchev–Trinajstić information content (AvgIpc) is 3.11. The highest BCUT2D eigenvalue weighted by Gasteiger charge is 2.12. The Bertz CT molecular complexity index is 1040. The maximum Gasteiger partial charge on any atom is 0.130 e. The number of aromatic nitrogens is 2. The Morgan fingerprint density at radius 3 is 2.37 bits per heavy atom. The van der Waals surface area contributed by atoms with E-state index in [-0.39, 0.29) is 5.57 Å². The van der Waals surface area contributed by atoms with Gasteiger partial charge in [-0.25, -0.2) is 4.68 Å². The van der Waals surface area contributed by atoms with Crippen LogP contribution in [0.4, 0.5) is 0 Å². The second kappa shape index (κ2) is 8.23. The predicted molar refractivity (Wildman–Crippen MR) is 104 cm³/mol. The molecule has 2 aromatic carbocycles. The first-order chi connectivity index (χ1) is 13.1. The van der Waals surface area contributed by atoms with Crippen LogP contribution in [-0.2, 0) is 0 Å². The molecule has 0 atom stereocenters. The van der Waals surface area contributed by atoms with Crippen LogP contribution >= 0.6 is 11.6 Å². The highest BCUT2D eigenvalue weighted by molar-refractivity contribution is 6.30. The highest BCUT2D eigenvalue weighted by atomic mass is 35.5. The fourth-order valence-corrected chi connectivity index (χ4v) is 2.69. The van der Waals surface area contributed by atoms with Crippen LogP contribution in [-0.4, -0.2) is 16.4 Å². The van der Waals surface area contributed by atoms with E-state index in [1.807, 2.05) is 55.5 Å². The molecule has 0 saturated heterocycles. The fraction of sp³-hybridized carbons (Fsp3) is 0.0952. The van der Waals surface area contributed by atoms with Crippen molar-refractivity contribution in [2.45, 2.75) is 6.92 Å². The molecule has 0 radical (unpaired) electrons. The summed E-state index contributed by atoms with van der Waals surface area (Å²) in [7, 11) is 0. The van der Waals surface area contributed by atoms with Gasteiger partial charge in [-0.2, -0.15) is 15.6 Å². The summed E-state index contributed by atoms with van der Waals surface area (Å²) in [6.07, 6.45) is 3.31. The molecule has 0 N–H and O–H groups in total. The third kappa shape index (κ3) is 4.17. The number of hydrogen-bond acceptors (Lipinski definition) is 4. The molecular weight excluding hydrogens is 360 g/mol. The summed E-state index contributed by atoms with van der Waals surface area (Å²) in [6, 6.07) is 18.5. The van der Waals surface area contributed by atoms with E-state index in [2.05, 4.69) is 5.10 Å². The van der Waals surface area contributed by atoms with Gasteiger partial charge >= 0.3 is 0 Å². The van der Waals surface area contributed by atoms with Gasteiger partial charge in [0.05, 0.1) is 12.3 Å². The van der Waals surface area contributed by atoms with Crippen molar-refractivity contribution in [1.82, 2.24) is 9.78 Å². The number of benzene rings is 2. The van der Waals surface area contributed by atoms with Crippen molar-refractivity contribution in [1.29, 1.82) is 10.5 Å². The van der Waals surface area contributed by atoms with E-state index < -0.39 is 0 Å². The zero-order valence-corrected chi connectivity index (χ0v) is 15.3. The SMILES string of the molecule is CCOc1ccc(-c2nn(-c3ccc(Cl)cc3)cc2C=C(C#N)C#N)cc1. The van der Waals surface area contributed by atoms with E-state index in [0.717, 1.165) is 17.0 Å². The van der Waals surface area contributed by atoms with Crippen LogP contribution < -0.4 is 4.74 Å². The summed E-state index contributed by atoms with van der Waals surface area (Å²) in [5, 5.41) is 23.5. The third-order valence-corrected chi connectivity index (χ3v) is 4.07. The lowest BCUT2D eigenvalue weighted by atomic mass is 10.1. The van der Waals surface area contributed by atoms with Crippen molar-refractivity contribution in [3.05, 3.63) is 70.9 Å². The van der Waals surface area contributed by atoms with Crippen LogP contribution in [0.5, 0.6) is 5.75 Å². The molecule has 0 aliphatic heterocycles. The van der Waals surface area contributed by atoms with Gasteiger partial charge in [0.1, 0.15) is 29.2 Å². The summed E-state index contributed by atoms with van der Waals surface area (Å²) >= 11 is 5.96. The Morgan fingerprint density at radius 1 is 1.11 bits per heavy atom. The van der Waals surface area contributed by atoms with Crippen LogP contribution in [0.1, 0.15) is 12.5 Å². The van der Waals surface area contributed by atoms with Crippen molar-refractivity contribution >= 4 is 17.7 Å². The minimum absolute atomic E-state index is 0.0119. The molecule has 3 aromatic rings. The normalized spacial score (nSPS) is 9.93. The summed E-state index contributed by atoms with van der Waals surface area (Å²) in [5.74, 6) is 0.769. The summed E-state index contributed by atoms with van der Waals surface area (Å²) in [5.41, 5.74) is 3.02. The fourth-order valence-electron chi connectivity index (χ4n) is 2.56. The number of nitriles is 2. The van der Waals surface area contributed by atoms with E-state index in [1.165, 1.54) is 6.08 Å². The lowest BCUT2D eigenvalue weighted by Crippen LogP contribution is -1.94. The number of rotatable bonds is 5. The predicted octanol–water partition coefficient (Wildman–Crippen LogP) is 5.02. The first kappa shape index (κ1) is 18.3. The maximum atomic E-state index is 9.10. The molecular formula is C21H15ClN4O. The van der Waals surface area contributed by atoms with E-state index >= 15 is 0 Å². The number of hydrogen-bond donors (Lipinski definition) is 0. The van der Waals surface area contributed by atoms with Crippen LogP contribution in [0, 0.1) is 22.7 Å². The molecule has 0 aliphatic rings. The maximum absolute atomic E-state index is 9.10. The van der Waals surface area contributed by atoms with Crippen molar-refractivity contribution in [3.8, 4) is 34.8 Å². The van der Waals surface area contributed by atoms with Crippen LogP contribution in [0.25, 0.3) is 23.0 Å². The van der Waals surface area contributed by atoms with Crippen LogP contribution in [0.2, 0.25) is 5.02 Å².